The van der Waals surface area contributed by atoms with Crippen LogP contribution in [0.5, 0.6) is 0 Å². The third-order valence-electron chi connectivity index (χ3n) is 2.50. The first-order valence-electron chi connectivity index (χ1n) is 5.87. The first kappa shape index (κ1) is 15.1. The molecule has 0 aliphatic carbocycles. The van der Waals surface area contributed by atoms with Crippen LogP contribution in [0.25, 0.3) is 0 Å². The van der Waals surface area contributed by atoms with Crippen molar-refractivity contribution in [2.75, 3.05) is 18.9 Å². The molecule has 1 aromatic rings. The Morgan fingerprint density at radius 1 is 1.22 bits per heavy atom. The molecule has 0 aliphatic heterocycles. The quantitative estimate of drug-likeness (QED) is 0.697. The molecule has 4 nitrogen and oxygen atoms in total. The maximum Gasteiger partial charge on any atom is 0.211 e. The highest BCUT2D eigenvalue weighted by atomic mass is 32.2. The van der Waals surface area contributed by atoms with E-state index in [1.165, 1.54) is 6.07 Å². The minimum Gasteiger partial charge on any atom is -0.396 e. The number of rotatable bonds is 8. The zero-order valence-electron chi connectivity index (χ0n) is 10.1. The van der Waals surface area contributed by atoms with Crippen LogP contribution in [0.1, 0.15) is 18.4 Å². The lowest BCUT2D eigenvalue weighted by Crippen LogP contribution is -2.28. The van der Waals surface area contributed by atoms with Gasteiger partial charge < -0.3 is 5.11 Å². The lowest BCUT2D eigenvalue weighted by Gasteiger charge is -2.06. The number of benzene rings is 1. The van der Waals surface area contributed by atoms with E-state index in [1.54, 1.807) is 18.2 Å². The van der Waals surface area contributed by atoms with Crippen molar-refractivity contribution in [3.8, 4) is 0 Å². The molecule has 102 valence electrons. The molecule has 0 saturated heterocycles. The fourth-order valence-corrected chi connectivity index (χ4v) is 2.66. The molecule has 0 saturated carbocycles. The van der Waals surface area contributed by atoms with Crippen molar-refractivity contribution < 1.29 is 17.9 Å². The molecular weight excluding hydrogens is 257 g/mol. The average molecular weight is 275 g/mol. The zero-order valence-corrected chi connectivity index (χ0v) is 10.9. The van der Waals surface area contributed by atoms with E-state index in [1.807, 2.05) is 0 Å². The summed E-state index contributed by atoms with van der Waals surface area (Å²) >= 11 is 0. The van der Waals surface area contributed by atoms with Crippen molar-refractivity contribution in [2.45, 2.75) is 19.3 Å². The summed E-state index contributed by atoms with van der Waals surface area (Å²) in [7, 11) is -3.32. The molecule has 18 heavy (non-hydrogen) atoms. The van der Waals surface area contributed by atoms with Crippen LogP contribution in [0, 0.1) is 5.82 Å². The third kappa shape index (κ3) is 5.57. The predicted octanol–water partition coefficient (Wildman–Crippen LogP) is 1.06. The van der Waals surface area contributed by atoms with E-state index in [-0.39, 0.29) is 24.7 Å². The topological polar surface area (TPSA) is 66.4 Å². The van der Waals surface area contributed by atoms with Gasteiger partial charge in [0.25, 0.3) is 0 Å². The molecule has 0 unspecified atom stereocenters. The number of nitrogens with one attached hydrogen (secondary N) is 1. The van der Waals surface area contributed by atoms with Gasteiger partial charge in [-0.15, -0.1) is 0 Å². The van der Waals surface area contributed by atoms with Crippen LogP contribution >= 0.6 is 0 Å². The summed E-state index contributed by atoms with van der Waals surface area (Å²) in [6.45, 7) is 0.174. The van der Waals surface area contributed by atoms with Gasteiger partial charge in [-0.25, -0.2) is 17.5 Å². The van der Waals surface area contributed by atoms with Gasteiger partial charge in [-0.05, 0) is 30.9 Å². The largest absolute Gasteiger partial charge is 0.396 e. The minimum atomic E-state index is -3.32. The Kier molecular flexibility index (Phi) is 6.24. The summed E-state index contributed by atoms with van der Waals surface area (Å²) in [6, 6.07) is 6.30. The Labute approximate surface area is 107 Å². The van der Waals surface area contributed by atoms with E-state index in [4.69, 9.17) is 5.11 Å². The molecule has 0 radical (unpaired) electrons. The van der Waals surface area contributed by atoms with Gasteiger partial charge in [0, 0.05) is 13.2 Å². The van der Waals surface area contributed by atoms with E-state index in [2.05, 4.69) is 4.72 Å². The number of hydrogen-bond donors (Lipinski definition) is 2. The van der Waals surface area contributed by atoms with Gasteiger partial charge in [-0.1, -0.05) is 18.2 Å². The summed E-state index contributed by atoms with van der Waals surface area (Å²) in [5.41, 5.74) is 0.496. The van der Waals surface area contributed by atoms with Crippen molar-refractivity contribution in [1.29, 1.82) is 0 Å². The molecule has 0 spiro atoms. The zero-order chi connectivity index (χ0) is 13.4. The van der Waals surface area contributed by atoms with Crippen molar-refractivity contribution in [1.82, 2.24) is 4.72 Å². The second-order valence-corrected chi connectivity index (χ2v) is 5.91. The molecule has 0 bridgehead atoms. The lowest BCUT2D eigenvalue weighted by molar-refractivity contribution is 0.287. The monoisotopic (exact) mass is 275 g/mol. The molecule has 0 amide bonds. The fourth-order valence-electron chi connectivity index (χ4n) is 1.52. The van der Waals surface area contributed by atoms with E-state index < -0.39 is 10.0 Å². The Bertz CT molecular complexity index is 462. The average Bonchev–Trinajstić information content (AvgIpc) is 2.32. The smallest absolute Gasteiger partial charge is 0.211 e. The first-order valence-corrected chi connectivity index (χ1v) is 7.52. The third-order valence-corrected chi connectivity index (χ3v) is 3.97. The number of sulfonamides is 1. The normalized spacial score (nSPS) is 11.7. The standard InChI is InChI=1S/C12H18FNO3S/c13-12-6-2-1-5-11(12)7-8-14-18(16,17)10-4-3-9-15/h1-2,5-6,14-15H,3-4,7-10H2. The van der Waals surface area contributed by atoms with Gasteiger partial charge in [-0.3, -0.25) is 0 Å². The van der Waals surface area contributed by atoms with Crippen LogP contribution in [-0.2, 0) is 16.4 Å². The molecule has 0 aromatic heterocycles. The summed E-state index contributed by atoms with van der Waals surface area (Å²) in [5.74, 6) is -0.331. The van der Waals surface area contributed by atoms with Crippen LogP contribution in [-0.4, -0.2) is 32.4 Å². The number of halogens is 1. The van der Waals surface area contributed by atoms with Gasteiger partial charge in [0.1, 0.15) is 5.82 Å². The molecule has 1 rings (SSSR count). The van der Waals surface area contributed by atoms with Gasteiger partial charge in [0.15, 0.2) is 0 Å². The van der Waals surface area contributed by atoms with Gasteiger partial charge in [0.2, 0.25) is 10.0 Å². The van der Waals surface area contributed by atoms with Crippen molar-refractivity contribution in [3.63, 3.8) is 0 Å². The van der Waals surface area contributed by atoms with Crippen LogP contribution in [0.3, 0.4) is 0 Å². The van der Waals surface area contributed by atoms with E-state index in [9.17, 15) is 12.8 Å². The van der Waals surface area contributed by atoms with Crippen molar-refractivity contribution in [3.05, 3.63) is 35.6 Å². The minimum absolute atomic E-state index is 0.00910. The molecule has 2 N–H and O–H groups in total. The van der Waals surface area contributed by atoms with Crippen LogP contribution in [0.15, 0.2) is 24.3 Å². The summed E-state index contributed by atoms with van der Waals surface area (Å²) in [6.07, 6.45) is 1.21. The van der Waals surface area contributed by atoms with Gasteiger partial charge in [0.05, 0.1) is 5.75 Å². The van der Waals surface area contributed by atoms with Crippen LogP contribution in [0.2, 0.25) is 0 Å². The van der Waals surface area contributed by atoms with E-state index in [0.717, 1.165) is 0 Å². The molecule has 0 atom stereocenters. The van der Waals surface area contributed by atoms with Gasteiger partial charge >= 0.3 is 0 Å². The number of aliphatic hydroxyl groups is 1. The van der Waals surface area contributed by atoms with Crippen LogP contribution in [0.4, 0.5) is 4.39 Å². The second kappa shape index (κ2) is 7.45. The van der Waals surface area contributed by atoms with Crippen LogP contribution < -0.4 is 4.72 Å². The van der Waals surface area contributed by atoms with Crippen molar-refractivity contribution in [2.24, 2.45) is 0 Å². The highest BCUT2D eigenvalue weighted by Crippen LogP contribution is 2.06. The highest BCUT2D eigenvalue weighted by Gasteiger charge is 2.09. The predicted molar refractivity (Wildman–Crippen MR) is 68.2 cm³/mol. The molecule has 0 aliphatic rings. The summed E-state index contributed by atoms with van der Waals surface area (Å²) < 4.78 is 38.7. The lowest BCUT2D eigenvalue weighted by atomic mass is 10.1. The maximum atomic E-state index is 13.3. The Morgan fingerprint density at radius 3 is 2.61 bits per heavy atom. The first-order chi connectivity index (χ1) is 8.55. The molecular formula is C12H18FNO3S. The number of unbranched alkanes of at least 4 members (excludes halogenated alkanes) is 1. The van der Waals surface area contributed by atoms with Crippen molar-refractivity contribution >= 4 is 10.0 Å². The fraction of sp³-hybridized carbons (Fsp3) is 0.500. The molecule has 0 fully saturated rings. The molecule has 6 heteroatoms. The van der Waals surface area contributed by atoms with Gasteiger partial charge in [-0.2, -0.15) is 0 Å². The van der Waals surface area contributed by atoms with E-state index in [0.29, 0.717) is 24.8 Å². The highest BCUT2D eigenvalue weighted by molar-refractivity contribution is 7.89. The Morgan fingerprint density at radius 2 is 1.94 bits per heavy atom. The molecule has 0 heterocycles. The second-order valence-electron chi connectivity index (χ2n) is 3.99. The molecule has 1 aromatic carbocycles. The number of aliphatic hydroxyl groups excluding tert-OH is 1. The summed E-state index contributed by atoms with van der Waals surface area (Å²) in [5, 5.41) is 8.56. The summed E-state index contributed by atoms with van der Waals surface area (Å²) in [4.78, 5) is 0. The maximum absolute atomic E-state index is 13.3. The Hall–Kier alpha value is -0.980. The Balaban J connectivity index is 2.35. The van der Waals surface area contributed by atoms with E-state index >= 15 is 0 Å². The SMILES string of the molecule is O=S(=O)(CCCCO)NCCc1ccccc1F. The number of hydrogen-bond acceptors (Lipinski definition) is 3.